The van der Waals surface area contributed by atoms with E-state index < -0.39 is 9.84 Å². The van der Waals surface area contributed by atoms with Crippen molar-refractivity contribution in [2.45, 2.75) is 71.6 Å². The fraction of sp³-hybridized carbons (Fsp3) is 0.714. The first-order valence-corrected chi connectivity index (χ1v) is 11.9. The number of rotatable bonds is 2. The summed E-state index contributed by atoms with van der Waals surface area (Å²) in [6, 6.07) is 9.08. The third-order valence-corrected chi connectivity index (χ3v) is 4.84. The minimum Gasteiger partial charge on any atom is -0.229 e. The summed E-state index contributed by atoms with van der Waals surface area (Å²) in [6.07, 6.45) is 15.4. The molecule has 1 aromatic rings. The van der Waals surface area contributed by atoms with Crippen molar-refractivity contribution in [3.05, 3.63) is 35.4 Å². The standard InChI is InChI=1S/C17H24.C2H6O2S.C2H6/c1-2-6-14(7-3-1)12-15-10-11-16-8-4-5-9-17(16)13-15;1-5(2,3)4;1-2/h4-5,8-9,14-15H,1-3,6-7,10-13H2;1-2H3;1-2H3. The zero-order valence-electron chi connectivity index (χ0n) is 16.1. The smallest absolute Gasteiger partial charge is 0.144 e. The lowest BCUT2D eigenvalue weighted by molar-refractivity contribution is 0.272. The number of sulfone groups is 1. The van der Waals surface area contributed by atoms with Crippen LogP contribution in [0, 0.1) is 11.8 Å². The first-order valence-electron chi connectivity index (χ1n) is 9.63. The Morgan fingerprint density at radius 3 is 2.00 bits per heavy atom. The van der Waals surface area contributed by atoms with Crippen LogP contribution in [0.15, 0.2) is 24.3 Å². The zero-order chi connectivity index (χ0) is 18.0. The van der Waals surface area contributed by atoms with Gasteiger partial charge in [-0.1, -0.05) is 70.2 Å². The summed E-state index contributed by atoms with van der Waals surface area (Å²) >= 11 is 0. The summed E-state index contributed by atoms with van der Waals surface area (Å²) in [5.74, 6) is 2.03. The largest absolute Gasteiger partial charge is 0.229 e. The lowest BCUT2D eigenvalue weighted by Crippen LogP contribution is -2.19. The van der Waals surface area contributed by atoms with Gasteiger partial charge >= 0.3 is 0 Å². The van der Waals surface area contributed by atoms with E-state index in [2.05, 4.69) is 24.3 Å². The third kappa shape index (κ3) is 8.86. The Morgan fingerprint density at radius 1 is 0.875 bits per heavy atom. The quantitative estimate of drug-likeness (QED) is 0.709. The molecular weight excluding hydrogens is 316 g/mol. The van der Waals surface area contributed by atoms with Gasteiger partial charge in [-0.3, -0.25) is 0 Å². The molecule has 2 nitrogen and oxygen atoms in total. The maximum Gasteiger partial charge on any atom is 0.144 e. The molecule has 0 amide bonds. The average Bonchev–Trinajstić information content (AvgIpc) is 2.56. The van der Waals surface area contributed by atoms with Crippen LogP contribution < -0.4 is 0 Å². The van der Waals surface area contributed by atoms with E-state index in [0.29, 0.717) is 0 Å². The summed E-state index contributed by atoms with van der Waals surface area (Å²) < 4.78 is 19.3. The van der Waals surface area contributed by atoms with Gasteiger partial charge in [0.05, 0.1) is 0 Å². The highest BCUT2D eigenvalue weighted by Gasteiger charge is 2.22. The van der Waals surface area contributed by atoms with Crippen molar-refractivity contribution in [3.8, 4) is 0 Å². The van der Waals surface area contributed by atoms with E-state index in [0.717, 1.165) is 24.3 Å². The Morgan fingerprint density at radius 2 is 1.42 bits per heavy atom. The highest BCUT2D eigenvalue weighted by Crippen LogP contribution is 2.34. The molecule has 24 heavy (non-hydrogen) atoms. The van der Waals surface area contributed by atoms with Crippen LogP contribution in [0.5, 0.6) is 0 Å². The second-order valence-corrected chi connectivity index (χ2v) is 9.55. The third-order valence-electron chi connectivity index (χ3n) is 4.84. The molecule has 0 aliphatic heterocycles. The summed E-state index contributed by atoms with van der Waals surface area (Å²) in [5.41, 5.74) is 3.26. The summed E-state index contributed by atoms with van der Waals surface area (Å²) in [6.45, 7) is 4.00. The van der Waals surface area contributed by atoms with Gasteiger partial charge in [0, 0.05) is 12.5 Å². The molecule has 0 spiro atoms. The Kier molecular flexibility index (Phi) is 9.65. The average molecular weight is 353 g/mol. The molecule has 3 heteroatoms. The first-order chi connectivity index (χ1) is 11.4. The molecule has 1 fully saturated rings. The minimum absolute atomic E-state index is 0.980. The van der Waals surface area contributed by atoms with Gasteiger partial charge in [-0.15, -0.1) is 0 Å². The van der Waals surface area contributed by atoms with Crippen LogP contribution in [0.3, 0.4) is 0 Å². The van der Waals surface area contributed by atoms with Crippen LogP contribution in [0.1, 0.15) is 69.9 Å². The van der Waals surface area contributed by atoms with E-state index in [9.17, 15) is 8.42 Å². The molecule has 0 saturated heterocycles. The topological polar surface area (TPSA) is 34.1 Å². The van der Waals surface area contributed by atoms with Crippen molar-refractivity contribution < 1.29 is 8.42 Å². The molecule has 1 aromatic carbocycles. The summed E-state index contributed by atoms with van der Waals surface area (Å²) in [4.78, 5) is 0. The Balaban J connectivity index is 0.000000356. The van der Waals surface area contributed by atoms with Gasteiger partial charge < -0.3 is 0 Å². The fourth-order valence-corrected chi connectivity index (χ4v) is 3.87. The predicted octanol–water partition coefficient (Wildman–Crippen LogP) is 5.45. The summed E-state index contributed by atoms with van der Waals surface area (Å²) in [7, 11) is -2.67. The number of fused-ring (bicyclic) bond motifs is 1. The fourth-order valence-electron chi connectivity index (χ4n) is 3.87. The van der Waals surface area contributed by atoms with E-state index in [1.165, 1.54) is 57.8 Å². The number of hydrogen-bond acceptors (Lipinski definition) is 2. The van der Waals surface area contributed by atoms with Gasteiger partial charge in [0.15, 0.2) is 0 Å². The van der Waals surface area contributed by atoms with Gasteiger partial charge in [-0.05, 0) is 48.6 Å². The van der Waals surface area contributed by atoms with E-state index in [1.54, 1.807) is 11.1 Å². The van der Waals surface area contributed by atoms with Crippen LogP contribution in [-0.4, -0.2) is 20.9 Å². The Bertz CT molecular complexity index is 549. The monoisotopic (exact) mass is 352 g/mol. The lowest BCUT2D eigenvalue weighted by atomic mass is 9.76. The normalized spacial score (nSPS) is 20.8. The Hall–Kier alpha value is -0.830. The zero-order valence-corrected chi connectivity index (χ0v) is 16.9. The molecule has 2 aliphatic carbocycles. The van der Waals surface area contributed by atoms with Gasteiger partial charge in [-0.2, -0.15) is 0 Å². The Labute approximate surface area is 150 Å². The van der Waals surface area contributed by atoms with E-state index in [1.807, 2.05) is 13.8 Å². The maximum absolute atomic E-state index is 9.63. The number of hydrogen-bond donors (Lipinski definition) is 0. The van der Waals surface area contributed by atoms with Crippen LogP contribution >= 0.6 is 0 Å². The second kappa shape index (κ2) is 10.9. The van der Waals surface area contributed by atoms with E-state index in [-0.39, 0.29) is 0 Å². The van der Waals surface area contributed by atoms with Crippen molar-refractivity contribution in [2.24, 2.45) is 11.8 Å². The van der Waals surface area contributed by atoms with E-state index >= 15 is 0 Å². The van der Waals surface area contributed by atoms with Gasteiger partial charge in [-0.25, -0.2) is 8.42 Å². The number of aryl methyl sites for hydroxylation is 1. The van der Waals surface area contributed by atoms with E-state index in [4.69, 9.17) is 0 Å². The van der Waals surface area contributed by atoms with Crippen LogP contribution in [0.25, 0.3) is 0 Å². The molecule has 0 aromatic heterocycles. The van der Waals surface area contributed by atoms with Crippen LogP contribution in [-0.2, 0) is 22.7 Å². The molecule has 1 atom stereocenters. The molecule has 0 heterocycles. The van der Waals surface area contributed by atoms with Crippen molar-refractivity contribution in [1.82, 2.24) is 0 Å². The second-order valence-electron chi connectivity index (χ2n) is 7.26. The predicted molar refractivity (Wildman–Crippen MR) is 105 cm³/mol. The van der Waals surface area contributed by atoms with Crippen LogP contribution in [0.2, 0.25) is 0 Å². The molecule has 2 aliphatic rings. The van der Waals surface area contributed by atoms with Crippen molar-refractivity contribution in [2.75, 3.05) is 12.5 Å². The van der Waals surface area contributed by atoms with Crippen molar-refractivity contribution >= 4 is 9.84 Å². The molecule has 0 radical (unpaired) electrons. The SMILES string of the molecule is CC.CS(C)(=O)=O.c1ccc2c(c1)CCC(CC1CCCCC1)C2. The highest BCUT2D eigenvalue weighted by molar-refractivity contribution is 7.89. The first kappa shape index (κ1) is 21.2. The molecule has 0 N–H and O–H groups in total. The molecule has 0 bridgehead atoms. The molecule has 3 rings (SSSR count). The van der Waals surface area contributed by atoms with Gasteiger partial charge in [0.1, 0.15) is 9.84 Å². The lowest BCUT2D eigenvalue weighted by Gasteiger charge is -2.30. The van der Waals surface area contributed by atoms with Gasteiger partial charge in [0.25, 0.3) is 0 Å². The molecule has 1 unspecified atom stereocenters. The van der Waals surface area contributed by atoms with Crippen molar-refractivity contribution in [1.29, 1.82) is 0 Å². The highest BCUT2D eigenvalue weighted by atomic mass is 32.2. The van der Waals surface area contributed by atoms with Crippen molar-refractivity contribution in [3.63, 3.8) is 0 Å². The number of benzene rings is 1. The maximum atomic E-state index is 9.63. The molecule has 138 valence electrons. The molecular formula is C21H36O2S. The summed E-state index contributed by atoms with van der Waals surface area (Å²) in [5, 5.41) is 0. The van der Waals surface area contributed by atoms with Crippen LogP contribution in [0.4, 0.5) is 0 Å². The molecule has 1 saturated carbocycles. The van der Waals surface area contributed by atoms with Gasteiger partial charge in [0.2, 0.25) is 0 Å². The minimum atomic E-state index is -2.67.